The monoisotopic (exact) mass is 206 g/mol. The van der Waals surface area contributed by atoms with Crippen LogP contribution >= 0.6 is 0 Å². The highest BCUT2D eigenvalue weighted by Crippen LogP contribution is 2.27. The van der Waals surface area contributed by atoms with Gasteiger partial charge in [-0.2, -0.15) is 4.98 Å². The molecule has 5 nitrogen and oxygen atoms in total. The van der Waals surface area contributed by atoms with Crippen molar-refractivity contribution >= 4 is 11.8 Å². The van der Waals surface area contributed by atoms with E-state index in [4.69, 9.17) is 5.73 Å². The molecule has 0 aromatic carbocycles. The highest BCUT2D eigenvalue weighted by molar-refractivity contribution is 5.53. The Labute approximate surface area is 87.6 Å². The Balaban J connectivity index is 2.69. The van der Waals surface area contributed by atoms with E-state index >= 15 is 0 Å². The molecule has 1 aromatic rings. The summed E-state index contributed by atoms with van der Waals surface area (Å²) in [6, 6.07) is 0. The molecule has 1 atom stereocenters. The Bertz CT molecular complexity index is 463. The van der Waals surface area contributed by atoms with Gasteiger partial charge in [-0.15, -0.1) is 0 Å². The molecule has 2 heterocycles. The number of hydrogen-bond donors (Lipinski definition) is 2. The molecule has 5 heteroatoms. The van der Waals surface area contributed by atoms with Crippen molar-refractivity contribution in [3.05, 3.63) is 28.2 Å². The summed E-state index contributed by atoms with van der Waals surface area (Å²) in [5.41, 5.74) is 6.09. The Morgan fingerprint density at radius 2 is 2.40 bits per heavy atom. The van der Waals surface area contributed by atoms with Crippen LogP contribution in [0.1, 0.15) is 24.8 Å². The van der Waals surface area contributed by atoms with Crippen LogP contribution in [0.2, 0.25) is 0 Å². The van der Waals surface area contributed by atoms with Crippen molar-refractivity contribution in [2.75, 3.05) is 17.7 Å². The van der Waals surface area contributed by atoms with Gasteiger partial charge in [-0.05, 0) is 12.3 Å². The predicted octanol–water partition coefficient (Wildman–Crippen LogP) is 0.809. The normalized spacial score (nSPS) is 19.9. The van der Waals surface area contributed by atoms with E-state index in [9.17, 15) is 4.79 Å². The van der Waals surface area contributed by atoms with Gasteiger partial charge in [0.15, 0.2) is 0 Å². The number of anilines is 2. The van der Waals surface area contributed by atoms with Gasteiger partial charge in [0.1, 0.15) is 5.82 Å². The number of hydrogen-bond acceptors (Lipinski definition) is 4. The first kappa shape index (κ1) is 9.76. The second-order valence-electron chi connectivity index (χ2n) is 3.82. The van der Waals surface area contributed by atoms with Crippen LogP contribution in [0.4, 0.5) is 11.8 Å². The fourth-order valence-electron chi connectivity index (χ4n) is 1.81. The maximum Gasteiger partial charge on any atom is 0.257 e. The number of nitrogen functional groups attached to an aromatic ring is 1. The zero-order chi connectivity index (χ0) is 11.0. The minimum Gasteiger partial charge on any atom is -0.369 e. The Kier molecular flexibility index (Phi) is 2.22. The largest absolute Gasteiger partial charge is 0.369 e. The molecule has 1 aromatic heterocycles. The number of nitrogens with two attached hydrogens (primary N) is 1. The number of aromatic nitrogens is 2. The van der Waals surface area contributed by atoms with E-state index in [0.29, 0.717) is 11.4 Å². The molecular formula is C10H14N4O. The summed E-state index contributed by atoms with van der Waals surface area (Å²) in [6.07, 6.45) is 4.78. The summed E-state index contributed by atoms with van der Waals surface area (Å²) in [5.74, 6) is 0.976. The molecule has 0 radical (unpaired) electrons. The first-order chi connectivity index (χ1) is 7.09. The first-order valence-electron chi connectivity index (χ1n) is 4.88. The van der Waals surface area contributed by atoms with E-state index in [1.807, 2.05) is 31.1 Å². The second-order valence-corrected chi connectivity index (χ2v) is 3.82. The van der Waals surface area contributed by atoms with Crippen molar-refractivity contribution in [3.8, 4) is 0 Å². The molecule has 0 amide bonds. The lowest BCUT2D eigenvalue weighted by Gasteiger charge is -2.16. The SMILES string of the molecule is CC1CC=CN(C)c2nc(N)[nH]c(=O)c21. The lowest BCUT2D eigenvalue weighted by atomic mass is 10.0. The third-order valence-electron chi connectivity index (χ3n) is 2.60. The summed E-state index contributed by atoms with van der Waals surface area (Å²) >= 11 is 0. The van der Waals surface area contributed by atoms with E-state index in [-0.39, 0.29) is 17.4 Å². The summed E-state index contributed by atoms with van der Waals surface area (Å²) < 4.78 is 0. The standard InChI is InChI=1S/C10H14N4O/c1-6-4-3-5-14(2)8-7(6)9(15)13-10(11)12-8/h3,5-6H,4H2,1-2H3,(H3,11,12,13,15). The zero-order valence-corrected chi connectivity index (χ0v) is 8.82. The maximum absolute atomic E-state index is 11.8. The van der Waals surface area contributed by atoms with Crippen LogP contribution in [0, 0.1) is 0 Å². The van der Waals surface area contributed by atoms with Gasteiger partial charge in [0.05, 0.1) is 5.56 Å². The average Bonchev–Trinajstić information content (AvgIpc) is 2.27. The van der Waals surface area contributed by atoms with Gasteiger partial charge in [-0.1, -0.05) is 13.0 Å². The molecule has 1 aliphatic heterocycles. The Morgan fingerprint density at radius 3 is 3.13 bits per heavy atom. The van der Waals surface area contributed by atoms with Crippen LogP contribution in [0.3, 0.4) is 0 Å². The lowest BCUT2D eigenvalue weighted by Crippen LogP contribution is -2.23. The van der Waals surface area contributed by atoms with E-state index in [2.05, 4.69) is 9.97 Å². The molecular weight excluding hydrogens is 192 g/mol. The Hall–Kier alpha value is -1.78. The van der Waals surface area contributed by atoms with E-state index < -0.39 is 0 Å². The number of nitrogens with one attached hydrogen (secondary N) is 1. The highest BCUT2D eigenvalue weighted by atomic mass is 16.1. The zero-order valence-electron chi connectivity index (χ0n) is 8.82. The lowest BCUT2D eigenvalue weighted by molar-refractivity contribution is 0.766. The minimum atomic E-state index is -0.138. The van der Waals surface area contributed by atoms with Crippen LogP contribution in [-0.2, 0) is 0 Å². The van der Waals surface area contributed by atoms with Crippen molar-refractivity contribution in [2.45, 2.75) is 19.3 Å². The molecule has 1 aliphatic rings. The molecule has 0 fully saturated rings. The number of allylic oxidation sites excluding steroid dienone is 1. The third kappa shape index (κ3) is 1.60. The molecule has 15 heavy (non-hydrogen) atoms. The predicted molar refractivity (Wildman–Crippen MR) is 59.8 cm³/mol. The van der Waals surface area contributed by atoms with E-state index in [0.717, 1.165) is 6.42 Å². The number of rotatable bonds is 0. The van der Waals surface area contributed by atoms with Crippen LogP contribution in [0.15, 0.2) is 17.1 Å². The van der Waals surface area contributed by atoms with Gasteiger partial charge in [0, 0.05) is 13.2 Å². The highest BCUT2D eigenvalue weighted by Gasteiger charge is 2.20. The molecule has 0 aliphatic carbocycles. The van der Waals surface area contributed by atoms with Crippen molar-refractivity contribution in [1.82, 2.24) is 9.97 Å². The van der Waals surface area contributed by atoms with Crippen LogP contribution in [-0.4, -0.2) is 17.0 Å². The molecule has 0 saturated carbocycles. The first-order valence-corrected chi connectivity index (χ1v) is 4.88. The fraction of sp³-hybridized carbons (Fsp3) is 0.400. The summed E-state index contributed by atoms with van der Waals surface area (Å²) in [7, 11) is 1.86. The van der Waals surface area contributed by atoms with E-state index in [1.54, 1.807) is 0 Å². The van der Waals surface area contributed by atoms with Gasteiger partial charge < -0.3 is 10.6 Å². The number of H-pyrrole nitrogens is 1. The van der Waals surface area contributed by atoms with Crippen LogP contribution in [0.5, 0.6) is 0 Å². The topological polar surface area (TPSA) is 75.0 Å². The van der Waals surface area contributed by atoms with Crippen LogP contribution in [0.25, 0.3) is 0 Å². The fourth-order valence-corrected chi connectivity index (χ4v) is 1.81. The molecule has 0 bridgehead atoms. The molecule has 80 valence electrons. The molecule has 3 N–H and O–H groups in total. The average molecular weight is 206 g/mol. The second kappa shape index (κ2) is 3.42. The Morgan fingerprint density at radius 1 is 1.67 bits per heavy atom. The summed E-state index contributed by atoms with van der Waals surface area (Å²) in [6.45, 7) is 2.01. The van der Waals surface area contributed by atoms with Crippen molar-refractivity contribution in [3.63, 3.8) is 0 Å². The van der Waals surface area contributed by atoms with Gasteiger partial charge in [-0.25, -0.2) is 0 Å². The smallest absolute Gasteiger partial charge is 0.257 e. The van der Waals surface area contributed by atoms with Crippen molar-refractivity contribution < 1.29 is 0 Å². The van der Waals surface area contributed by atoms with Gasteiger partial charge in [0.2, 0.25) is 5.95 Å². The molecule has 0 spiro atoms. The molecule has 1 unspecified atom stereocenters. The van der Waals surface area contributed by atoms with Crippen LogP contribution < -0.4 is 16.2 Å². The number of fused-ring (bicyclic) bond motifs is 1. The van der Waals surface area contributed by atoms with Gasteiger partial charge >= 0.3 is 0 Å². The van der Waals surface area contributed by atoms with Crippen molar-refractivity contribution in [1.29, 1.82) is 0 Å². The number of aromatic amines is 1. The summed E-state index contributed by atoms with van der Waals surface area (Å²) in [4.78, 5) is 20.3. The molecule has 2 rings (SSSR count). The van der Waals surface area contributed by atoms with Crippen molar-refractivity contribution in [2.24, 2.45) is 0 Å². The van der Waals surface area contributed by atoms with E-state index in [1.165, 1.54) is 0 Å². The quantitative estimate of drug-likeness (QED) is 0.658. The number of nitrogens with zero attached hydrogens (tertiary/aromatic N) is 2. The summed E-state index contributed by atoms with van der Waals surface area (Å²) in [5, 5.41) is 0. The third-order valence-corrected chi connectivity index (χ3v) is 2.60. The molecule has 0 saturated heterocycles. The maximum atomic E-state index is 11.8. The minimum absolute atomic E-state index is 0.138. The van der Waals surface area contributed by atoms with Gasteiger partial charge in [-0.3, -0.25) is 9.78 Å². The van der Waals surface area contributed by atoms with Gasteiger partial charge in [0.25, 0.3) is 5.56 Å².